The van der Waals surface area contributed by atoms with Crippen LogP contribution in [0.4, 0.5) is 10.2 Å². The van der Waals surface area contributed by atoms with E-state index in [4.69, 9.17) is 0 Å². The van der Waals surface area contributed by atoms with Gasteiger partial charge in [0.1, 0.15) is 5.82 Å². The van der Waals surface area contributed by atoms with Gasteiger partial charge in [-0.15, -0.1) is 0 Å². The highest BCUT2D eigenvalue weighted by Gasteiger charge is 2.23. The van der Waals surface area contributed by atoms with Crippen LogP contribution in [-0.2, 0) is 11.3 Å². The largest absolute Gasteiger partial charge is 0.353 e. The second-order valence-electron chi connectivity index (χ2n) is 7.90. The first-order chi connectivity index (χ1) is 14.5. The van der Waals surface area contributed by atoms with Crippen molar-refractivity contribution in [3.05, 3.63) is 53.6 Å². The van der Waals surface area contributed by atoms with Gasteiger partial charge in [0.15, 0.2) is 5.82 Å². The van der Waals surface area contributed by atoms with Gasteiger partial charge in [-0.3, -0.25) is 14.6 Å². The van der Waals surface area contributed by atoms with Gasteiger partial charge in [0.25, 0.3) is 0 Å². The van der Waals surface area contributed by atoms with Crippen molar-refractivity contribution in [1.29, 1.82) is 0 Å². The fraction of sp³-hybridized carbons (Fsp3) is 0.409. The number of hydrogen-bond donors (Lipinski definition) is 2. The molecule has 1 aliphatic rings. The van der Waals surface area contributed by atoms with Crippen molar-refractivity contribution in [3.8, 4) is 11.3 Å². The number of hydrogen-bond acceptors (Lipinski definition) is 4. The van der Waals surface area contributed by atoms with Crippen LogP contribution in [0.3, 0.4) is 0 Å². The predicted octanol–water partition coefficient (Wildman–Crippen LogP) is 3.20. The standard InChI is InChI=1S/C22H27FN6O/c1-15-12-16(2)29(27-15)11-9-22(30)24-19-4-3-10-28(14-19)21-13-20(25-26-21)17-5-7-18(23)8-6-17/h5-8,12-13,19H,3-4,9-11,14H2,1-2H3,(H,24,30)(H,25,26). The molecular weight excluding hydrogens is 383 g/mol. The van der Waals surface area contributed by atoms with E-state index in [9.17, 15) is 9.18 Å². The highest BCUT2D eigenvalue weighted by molar-refractivity contribution is 5.76. The molecule has 1 amide bonds. The number of aromatic amines is 1. The molecule has 3 heterocycles. The Labute approximate surface area is 175 Å². The van der Waals surface area contributed by atoms with Crippen LogP contribution in [0.15, 0.2) is 36.4 Å². The molecule has 3 aromatic rings. The Morgan fingerprint density at radius 3 is 2.80 bits per heavy atom. The van der Waals surface area contributed by atoms with Gasteiger partial charge >= 0.3 is 0 Å². The molecule has 158 valence electrons. The molecule has 0 spiro atoms. The first-order valence-corrected chi connectivity index (χ1v) is 10.3. The van der Waals surface area contributed by atoms with Crippen molar-refractivity contribution in [2.45, 2.75) is 45.7 Å². The summed E-state index contributed by atoms with van der Waals surface area (Å²) in [5, 5.41) is 15.0. The van der Waals surface area contributed by atoms with Crippen LogP contribution in [0.2, 0.25) is 0 Å². The second kappa shape index (κ2) is 8.69. The molecular formula is C22H27FN6O. The van der Waals surface area contributed by atoms with Crippen molar-refractivity contribution < 1.29 is 9.18 Å². The summed E-state index contributed by atoms with van der Waals surface area (Å²) < 4.78 is 15.0. The molecule has 0 bridgehead atoms. The molecule has 1 unspecified atom stereocenters. The van der Waals surface area contributed by atoms with Crippen molar-refractivity contribution in [2.24, 2.45) is 0 Å². The molecule has 0 aliphatic carbocycles. The Hall–Kier alpha value is -3.16. The molecule has 2 aromatic heterocycles. The first kappa shape index (κ1) is 20.1. The molecule has 1 atom stereocenters. The smallest absolute Gasteiger partial charge is 0.222 e. The van der Waals surface area contributed by atoms with Crippen molar-refractivity contribution in [2.75, 3.05) is 18.0 Å². The number of piperidine rings is 1. The lowest BCUT2D eigenvalue weighted by Gasteiger charge is -2.33. The van der Waals surface area contributed by atoms with Gasteiger partial charge in [0, 0.05) is 43.9 Å². The van der Waals surface area contributed by atoms with Crippen LogP contribution < -0.4 is 10.2 Å². The Bertz CT molecular complexity index is 1010. The lowest BCUT2D eigenvalue weighted by Crippen LogP contribution is -2.48. The highest BCUT2D eigenvalue weighted by Crippen LogP contribution is 2.24. The van der Waals surface area contributed by atoms with E-state index in [-0.39, 0.29) is 17.8 Å². The topological polar surface area (TPSA) is 78.8 Å². The minimum Gasteiger partial charge on any atom is -0.353 e. The Morgan fingerprint density at radius 2 is 2.07 bits per heavy atom. The number of anilines is 1. The number of aromatic nitrogens is 4. The molecule has 0 radical (unpaired) electrons. The van der Waals surface area contributed by atoms with Crippen LogP contribution in [0.5, 0.6) is 0 Å². The third-order valence-corrected chi connectivity index (χ3v) is 5.48. The molecule has 1 aliphatic heterocycles. The summed E-state index contributed by atoms with van der Waals surface area (Å²) in [6.07, 6.45) is 2.36. The Morgan fingerprint density at radius 1 is 1.27 bits per heavy atom. The van der Waals surface area contributed by atoms with E-state index < -0.39 is 0 Å². The van der Waals surface area contributed by atoms with Crippen LogP contribution >= 0.6 is 0 Å². The number of nitrogens with zero attached hydrogens (tertiary/aromatic N) is 4. The third-order valence-electron chi connectivity index (χ3n) is 5.48. The van der Waals surface area contributed by atoms with Gasteiger partial charge in [-0.2, -0.15) is 10.2 Å². The number of benzene rings is 1. The molecule has 0 saturated carbocycles. The van der Waals surface area contributed by atoms with E-state index in [0.717, 1.165) is 54.4 Å². The van der Waals surface area contributed by atoms with E-state index in [0.29, 0.717) is 13.0 Å². The lowest BCUT2D eigenvalue weighted by molar-refractivity contribution is -0.122. The molecule has 7 nitrogen and oxygen atoms in total. The number of rotatable bonds is 6. The maximum atomic E-state index is 13.1. The number of amides is 1. The van der Waals surface area contributed by atoms with E-state index in [1.54, 1.807) is 12.1 Å². The average molecular weight is 410 g/mol. The van der Waals surface area contributed by atoms with Crippen LogP contribution in [-0.4, -0.2) is 45.0 Å². The second-order valence-corrected chi connectivity index (χ2v) is 7.90. The van der Waals surface area contributed by atoms with E-state index in [1.165, 1.54) is 12.1 Å². The summed E-state index contributed by atoms with van der Waals surface area (Å²) in [6.45, 7) is 6.16. The summed E-state index contributed by atoms with van der Waals surface area (Å²) in [7, 11) is 0. The molecule has 1 saturated heterocycles. The van der Waals surface area contributed by atoms with Gasteiger partial charge < -0.3 is 10.2 Å². The number of H-pyrrole nitrogens is 1. The van der Waals surface area contributed by atoms with Gasteiger partial charge in [0.05, 0.1) is 11.4 Å². The zero-order valence-electron chi connectivity index (χ0n) is 17.4. The SMILES string of the molecule is Cc1cc(C)n(CCC(=O)NC2CCCN(c3cc(-c4ccc(F)cc4)[nH]n3)C2)n1. The highest BCUT2D eigenvalue weighted by atomic mass is 19.1. The number of carbonyl (C=O) groups excluding carboxylic acids is 1. The average Bonchev–Trinajstić information content (AvgIpc) is 3.34. The fourth-order valence-corrected chi connectivity index (χ4v) is 3.96. The van der Waals surface area contributed by atoms with Crippen molar-refractivity contribution in [1.82, 2.24) is 25.3 Å². The minimum atomic E-state index is -0.258. The molecule has 8 heteroatoms. The normalized spacial score (nSPS) is 16.6. The summed E-state index contributed by atoms with van der Waals surface area (Å²) in [4.78, 5) is 14.6. The minimum absolute atomic E-state index is 0.0448. The maximum absolute atomic E-state index is 13.1. The lowest BCUT2D eigenvalue weighted by atomic mass is 10.1. The molecule has 30 heavy (non-hydrogen) atoms. The monoisotopic (exact) mass is 410 g/mol. The number of carbonyl (C=O) groups is 1. The molecule has 2 N–H and O–H groups in total. The predicted molar refractivity (Wildman–Crippen MR) is 114 cm³/mol. The van der Waals surface area contributed by atoms with E-state index in [2.05, 4.69) is 25.5 Å². The fourth-order valence-electron chi connectivity index (χ4n) is 3.96. The number of aryl methyl sites for hydroxylation is 3. The Kier molecular flexibility index (Phi) is 5.83. The maximum Gasteiger partial charge on any atom is 0.222 e. The van der Waals surface area contributed by atoms with E-state index in [1.807, 2.05) is 30.7 Å². The van der Waals surface area contributed by atoms with E-state index >= 15 is 0 Å². The van der Waals surface area contributed by atoms with Gasteiger partial charge in [-0.25, -0.2) is 4.39 Å². The van der Waals surface area contributed by atoms with Gasteiger partial charge in [-0.1, -0.05) is 0 Å². The molecule has 1 fully saturated rings. The van der Waals surface area contributed by atoms with Crippen molar-refractivity contribution >= 4 is 11.7 Å². The summed E-state index contributed by atoms with van der Waals surface area (Å²) >= 11 is 0. The summed E-state index contributed by atoms with van der Waals surface area (Å²) in [6, 6.07) is 10.4. The third kappa shape index (κ3) is 4.69. The van der Waals surface area contributed by atoms with Crippen LogP contribution in [0.1, 0.15) is 30.7 Å². The van der Waals surface area contributed by atoms with Gasteiger partial charge in [-0.05, 0) is 62.6 Å². The number of halogens is 1. The molecule has 1 aromatic carbocycles. The van der Waals surface area contributed by atoms with Crippen molar-refractivity contribution in [3.63, 3.8) is 0 Å². The zero-order chi connectivity index (χ0) is 21.1. The first-order valence-electron chi connectivity index (χ1n) is 10.3. The quantitative estimate of drug-likeness (QED) is 0.654. The number of nitrogens with one attached hydrogen (secondary N) is 2. The Balaban J connectivity index is 1.32. The zero-order valence-corrected chi connectivity index (χ0v) is 17.4. The summed E-state index contributed by atoms with van der Waals surface area (Å²) in [5.74, 6) is 0.630. The van der Waals surface area contributed by atoms with Crippen LogP contribution in [0.25, 0.3) is 11.3 Å². The van der Waals surface area contributed by atoms with Crippen LogP contribution in [0, 0.1) is 19.7 Å². The molecule has 4 rings (SSSR count). The van der Waals surface area contributed by atoms with Gasteiger partial charge in [0.2, 0.25) is 5.91 Å². The summed E-state index contributed by atoms with van der Waals surface area (Å²) in [5.41, 5.74) is 3.77.